The molecule has 96 valence electrons. The zero-order chi connectivity index (χ0) is 13.2. The number of pyridine rings is 1. The number of rotatable bonds is 4. The van der Waals surface area contributed by atoms with Gasteiger partial charge in [-0.25, -0.2) is 0 Å². The van der Waals surface area contributed by atoms with E-state index in [1.807, 2.05) is 38.1 Å². The molecule has 0 saturated heterocycles. The Morgan fingerprint density at radius 1 is 1.33 bits per heavy atom. The lowest BCUT2D eigenvalue weighted by Crippen LogP contribution is -2.38. The van der Waals surface area contributed by atoms with E-state index < -0.39 is 0 Å². The standard InChI is InChI=1S/C15H20N2O/c1-4-15(3,10-18)17-14-9-11(2)16-13-8-6-5-7-12(13)14/h5-9,18H,4,10H2,1-3H3,(H,16,17). The van der Waals surface area contributed by atoms with Gasteiger partial charge in [-0.2, -0.15) is 0 Å². The summed E-state index contributed by atoms with van der Waals surface area (Å²) in [5.74, 6) is 0. The first-order valence-corrected chi connectivity index (χ1v) is 6.33. The molecule has 0 amide bonds. The molecular formula is C15H20N2O. The summed E-state index contributed by atoms with van der Waals surface area (Å²) in [6.45, 7) is 6.19. The monoisotopic (exact) mass is 244 g/mol. The number of nitrogens with one attached hydrogen (secondary N) is 1. The molecule has 1 aromatic heterocycles. The molecule has 2 aromatic rings. The molecule has 0 bridgehead atoms. The highest BCUT2D eigenvalue weighted by Gasteiger charge is 2.21. The summed E-state index contributed by atoms with van der Waals surface area (Å²) >= 11 is 0. The zero-order valence-electron chi connectivity index (χ0n) is 11.2. The molecule has 2 rings (SSSR count). The first-order valence-electron chi connectivity index (χ1n) is 6.33. The van der Waals surface area contributed by atoms with Gasteiger partial charge in [0.15, 0.2) is 0 Å². The molecule has 3 nitrogen and oxygen atoms in total. The summed E-state index contributed by atoms with van der Waals surface area (Å²) in [6.07, 6.45) is 0.860. The Labute approximate surface area is 108 Å². The maximum atomic E-state index is 9.51. The Bertz CT molecular complexity index is 547. The SMILES string of the molecule is CCC(C)(CO)Nc1cc(C)nc2ccccc12. The molecule has 18 heavy (non-hydrogen) atoms. The van der Waals surface area contributed by atoms with Crippen molar-refractivity contribution >= 4 is 16.6 Å². The van der Waals surface area contributed by atoms with Crippen LogP contribution in [0.1, 0.15) is 26.0 Å². The minimum atomic E-state index is -0.295. The second-order valence-corrected chi connectivity index (χ2v) is 5.03. The van der Waals surface area contributed by atoms with Gasteiger partial charge >= 0.3 is 0 Å². The van der Waals surface area contributed by atoms with Crippen molar-refractivity contribution in [3.8, 4) is 0 Å². The highest BCUT2D eigenvalue weighted by molar-refractivity contribution is 5.91. The first-order chi connectivity index (χ1) is 8.58. The minimum Gasteiger partial charge on any atom is -0.394 e. The lowest BCUT2D eigenvalue weighted by Gasteiger charge is -2.29. The number of aliphatic hydroxyl groups excluding tert-OH is 1. The highest BCUT2D eigenvalue weighted by atomic mass is 16.3. The van der Waals surface area contributed by atoms with Gasteiger partial charge in [-0.05, 0) is 32.4 Å². The van der Waals surface area contributed by atoms with E-state index in [0.29, 0.717) is 0 Å². The van der Waals surface area contributed by atoms with Gasteiger partial charge in [0.2, 0.25) is 0 Å². The molecule has 0 aliphatic rings. The molecule has 0 spiro atoms. The Balaban J connectivity index is 2.50. The zero-order valence-corrected chi connectivity index (χ0v) is 11.2. The number of para-hydroxylation sites is 1. The van der Waals surface area contributed by atoms with Gasteiger partial charge < -0.3 is 10.4 Å². The summed E-state index contributed by atoms with van der Waals surface area (Å²) in [4.78, 5) is 4.52. The van der Waals surface area contributed by atoms with E-state index in [9.17, 15) is 5.11 Å². The largest absolute Gasteiger partial charge is 0.394 e. The third-order valence-electron chi connectivity index (χ3n) is 3.41. The van der Waals surface area contributed by atoms with Crippen LogP contribution in [0.5, 0.6) is 0 Å². The van der Waals surface area contributed by atoms with Crippen LogP contribution in [0.2, 0.25) is 0 Å². The van der Waals surface area contributed by atoms with E-state index in [1.165, 1.54) is 0 Å². The smallest absolute Gasteiger partial charge is 0.0725 e. The average Bonchev–Trinajstić information content (AvgIpc) is 2.38. The molecule has 2 N–H and O–H groups in total. The number of aryl methyl sites for hydroxylation is 1. The molecule has 0 saturated carbocycles. The van der Waals surface area contributed by atoms with Crippen molar-refractivity contribution in [3.63, 3.8) is 0 Å². The van der Waals surface area contributed by atoms with E-state index in [4.69, 9.17) is 0 Å². The molecule has 0 aliphatic heterocycles. The molecule has 1 aromatic carbocycles. The molecule has 3 heteroatoms. The van der Waals surface area contributed by atoms with Crippen LogP contribution in [0.3, 0.4) is 0 Å². The van der Waals surface area contributed by atoms with Gasteiger partial charge in [0.1, 0.15) is 0 Å². The summed E-state index contributed by atoms with van der Waals surface area (Å²) in [5, 5.41) is 14.1. The van der Waals surface area contributed by atoms with Crippen LogP contribution in [0, 0.1) is 6.92 Å². The third kappa shape index (κ3) is 2.46. The number of hydrogen-bond acceptors (Lipinski definition) is 3. The van der Waals surface area contributed by atoms with E-state index in [-0.39, 0.29) is 12.1 Å². The van der Waals surface area contributed by atoms with Crippen LogP contribution < -0.4 is 5.32 Å². The molecule has 1 heterocycles. The quantitative estimate of drug-likeness (QED) is 0.868. The topological polar surface area (TPSA) is 45.1 Å². The van der Waals surface area contributed by atoms with Crippen LogP contribution in [0.25, 0.3) is 10.9 Å². The van der Waals surface area contributed by atoms with Gasteiger partial charge in [0.05, 0.1) is 17.7 Å². The third-order valence-corrected chi connectivity index (χ3v) is 3.41. The number of fused-ring (bicyclic) bond motifs is 1. The maximum absolute atomic E-state index is 9.51. The van der Waals surface area contributed by atoms with Crippen molar-refractivity contribution in [1.82, 2.24) is 4.98 Å². The van der Waals surface area contributed by atoms with Crippen molar-refractivity contribution in [1.29, 1.82) is 0 Å². The van der Waals surface area contributed by atoms with Crippen LogP contribution in [0.15, 0.2) is 30.3 Å². The normalized spacial score (nSPS) is 14.4. The van der Waals surface area contributed by atoms with Crippen LogP contribution in [-0.4, -0.2) is 22.2 Å². The predicted octanol–water partition coefficient (Wildman–Crippen LogP) is 3.12. The molecule has 0 aliphatic carbocycles. The van der Waals surface area contributed by atoms with Crippen molar-refractivity contribution in [2.24, 2.45) is 0 Å². The van der Waals surface area contributed by atoms with Crippen LogP contribution >= 0.6 is 0 Å². The van der Waals surface area contributed by atoms with Crippen molar-refractivity contribution in [2.45, 2.75) is 32.7 Å². The summed E-state index contributed by atoms with van der Waals surface area (Å²) in [5.41, 5.74) is 2.71. The lowest BCUT2D eigenvalue weighted by molar-refractivity contribution is 0.219. The molecule has 1 unspecified atom stereocenters. The van der Waals surface area contributed by atoms with Crippen molar-refractivity contribution in [3.05, 3.63) is 36.0 Å². The highest BCUT2D eigenvalue weighted by Crippen LogP contribution is 2.26. The number of aromatic nitrogens is 1. The average molecular weight is 244 g/mol. The summed E-state index contributed by atoms with van der Waals surface area (Å²) in [7, 11) is 0. The van der Waals surface area contributed by atoms with Crippen molar-refractivity contribution < 1.29 is 5.11 Å². The van der Waals surface area contributed by atoms with Gasteiger partial charge in [0, 0.05) is 16.8 Å². The van der Waals surface area contributed by atoms with E-state index in [0.717, 1.165) is 28.7 Å². The molecule has 1 atom stereocenters. The summed E-state index contributed by atoms with van der Waals surface area (Å²) in [6, 6.07) is 10.1. The molecular weight excluding hydrogens is 224 g/mol. The van der Waals surface area contributed by atoms with E-state index >= 15 is 0 Å². The fourth-order valence-corrected chi connectivity index (χ4v) is 1.98. The maximum Gasteiger partial charge on any atom is 0.0725 e. The fraction of sp³-hybridized carbons (Fsp3) is 0.400. The van der Waals surface area contributed by atoms with Crippen LogP contribution in [0.4, 0.5) is 5.69 Å². The Morgan fingerprint density at radius 3 is 2.72 bits per heavy atom. The van der Waals surface area contributed by atoms with Crippen LogP contribution in [-0.2, 0) is 0 Å². The Hall–Kier alpha value is -1.61. The van der Waals surface area contributed by atoms with Gasteiger partial charge in [0.25, 0.3) is 0 Å². The summed E-state index contributed by atoms with van der Waals surface area (Å²) < 4.78 is 0. The fourth-order valence-electron chi connectivity index (χ4n) is 1.98. The Kier molecular flexibility index (Phi) is 3.53. The van der Waals surface area contributed by atoms with Gasteiger partial charge in [-0.1, -0.05) is 25.1 Å². The second kappa shape index (κ2) is 4.94. The molecule has 0 fully saturated rings. The van der Waals surface area contributed by atoms with Gasteiger partial charge in [-0.3, -0.25) is 4.98 Å². The Morgan fingerprint density at radius 2 is 2.06 bits per heavy atom. The number of nitrogens with zero attached hydrogens (tertiary/aromatic N) is 1. The minimum absolute atomic E-state index is 0.110. The number of benzene rings is 1. The van der Waals surface area contributed by atoms with E-state index in [2.05, 4.69) is 23.3 Å². The number of hydrogen-bond donors (Lipinski definition) is 2. The van der Waals surface area contributed by atoms with Gasteiger partial charge in [-0.15, -0.1) is 0 Å². The predicted molar refractivity (Wildman–Crippen MR) is 75.9 cm³/mol. The second-order valence-electron chi connectivity index (χ2n) is 5.03. The van der Waals surface area contributed by atoms with E-state index in [1.54, 1.807) is 0 Å². The number of aliphatic hydroxyl groups is 1. The lowest BCUT2D eigenvalue weighted by atomic mass is 9.99. The number of anilines is 1. The van der Waals surface area contributed by atoms with Crippen molar-refractivity contribution in [2.75, 3.05) is 11.9 Å². The molecule has 0 radical (unpaired) electrons. The first kappa shape index (κ1) is 12.8.